The quantitative estimate of drug-likeness (QED) is 0.744. The van der Waals surface area contributed by atoms with Crippen LogP contribution in [0.5, 0.6) is 0 Å². The van der Waals surface area contributed by atoms with Crippen molar-refractivity contribution in [2.45, 2.75) is 6.92 Å². The number of carboxylic acid groups (broad SMARTS) is 1. The molecule has 0 aliphatic heterocycles. The van der Waals surface area contributed by atoms with Gasteiger partial charge in [-0.25, -0.2) is 4.98 Å². The number of carboxylic acids is 1. The van der Waals surface area contributed by atoms with Crippen LogP contribution < -0.4 is 0 Å². The molecule has 0 bridgehead atoms. The number of hydrogen-bond donors (Lipinski definition) is 1. The fourth-order valence-corrected chi connectivity index (χ4v) is 1.19. The van der Waals surface area contributed by atoms with E-state index in [-0.39, 0.29) is 12.3 Å². The first-order valence-corrected chi connectivity index (χ1v) is 4.58. The number of aromatic nitrogens is 1. The van der Waals surface area contributed by atoms with E-state index in [0.29, 0.717) is 5.69 Å². The van der Waals surface area contributed by atoms with Crippen LogP contribution in [0.1, 0.15) is 16.2 Å². The standard InChI is InChI=1S/C10H12N2O4/c1-3-4-12(5-8(13)14)10(15)9-7(2)11-6-16-9/h3,6H,1,4-5H2,2H3,(H,13,14). The average Bonchev–Trinajstić information content (AvgIpc) is 2.62. The van der Waals surface area contributed by atoms with Gasteiger partial charge in [-0.15, -0.1) is 6.58 Å². The second kappa shape index (κ2) is 5.11. The van der Waals surface area contributed by atoms with E-state index in [9.17, 15) is 9.59 Å². The minimum Gasteiger partial charge on any atom is -0.480 e. The summed E-state index contributed by atoms with van der Waals surface area (Å²) in [6.07, 6.45) is 2.60. The zero-order valence-corrected chi connectivity index (χ0v) is 8.84. The zero-order chi connectivity index (χ0) is 12.1. The third-order valence-electron chi connectivity index (χ3n) is 1.90. The lowest BCUT2D eigenvalue weighted by molar-refractivity contribution is -0.137. The zero-order valence-electron chi connectivity index (χ0n) is 8.84. The number of oxazole rings is 1. The molecule has 6 nitrogen and oxygen atoms in total. The fraction of sp³-hybridized carbons (Fsp3) is 0.300. The Morgan fingerprint density at radius 1 is 1.69 bits per heavy atom. The fourth-order valence-electron chi connectivity index (χ4n) is 1.19. The summed E-state index contributed by atoms with van der Waals surface area (Å²) < 4.78 is 4.91. The number of rotatable bonds is 5. The van der Waals surface area contributed by atoms with Crippen LogP contribution in [0.25, 0.3) is 0 Å². The summed E-state index contributed by atoms with van der Waals surface area (Å²) in [5, 5.41) is 8.65. The monoisotopic (exact) mass is 224 g/mol. The van der Waals surface area contributed by atoms with Gasteiger partial charge in [-0.3, -0.25) is 9.59 Å². The Labute approximate surface area is 92.2 Å². The smallest absolute Gasteiger partial charge is 0.323 e. The van der Waals surface area contributed by atoms with Gasteiger partial charge in [0.2, 0.25) is 5.76 Å². The lowest BCUT2D eigenvalue weighted by atomic mass is 10.3. The van der Waals surface area contributed by atoms with E-state index in [4.69, 9.17) is 9.52 Å². The topological polar surface area (TPSA) is 83.6 Å². The molecule has 0 aliphatic rings. The van der Waals surface area contributed by atoms with Crippen LogP contribution in [-0.2, 0) is 4.79 Å². The highest BCUT2D eigenvalue weighted by Crippen LogP contribution is 2.09. The van der Waals surface area contributed by atoms with Gasteiger partial charge in [0.05, 0.1) is 5.69 Å². The van der Waals surface area contributed by atoms with Crippen LogP contribution in [0.15, 0.2) is 23.5 Å². The molecule has 0 saturated heterocycles. The Kier molecular flexibility index (Phi) is 3.82. The third-order valence-corrected chi connectivity index (χ3v) is 1.90. The van der Waals surface area contributed by atoms with Gasteiger partial charge in [0.15, 0.2) is 6.39 Å². The second-order valence-corrected chi connectivity index (χ2v) is 3.13. The Balaban J connectivity index is 2.86. The number of hydrogen-bond acceptors (Lipinski definition) is 4. The molecular formula is C10H12N2O4. The van der Waals surface area contributed by atoms with Crippen molar-refractivity contribution in [2.75, 3.05) is 13.1 Å². The Hall–Kier alpha value is -2.11. The number of amides is 1. The summed E-state index contributed by atoms with van der Waals surface area (Å²) in [7, 11) is 0. The van der Waals surface area contributed by atoms with Crippen molar-refractivity contribution >= 4 is 11.9 Å². The van der Waals surface area contributed by atoms with Crippen LogP contribution in [0, 0.1) is 6.92 Å². The molecule has 1 aromatic rings. The molecule has 16 heavy (non-hydrogen) atoms. The molecule has 1 N–H and O–H groups in total. The summed E-state index contributed by atoms with van der Waals surface area (Å²) >= 11 is 0. The summed E-state index contributed by atoms with van der Waals surface area (Å²) in [6, 6.07) is 0. The van der Waals surface area contributed by atoms with Crippen LogP contribution in [-0.4, -0.2) is 40.0 Å². The first-order chi connectivity index (χ1) is 7.56. The van der Waals surface area contributed by atoms with E-state index in [0.717, 1.165) is 11.3 Å². The van der Waals surface area contributed by atoms with Gasteiger partial charge in [-0.2, -0.15) is 0 Å². The van der Waals surface area contributed by atoms with E-state index < -0.39 is 18.4 Å². The molecule has 0 unspecified atom stereocenters. The number of carbonyl (C=O) groups is 2. The maximum atomic E-state index is 11.8. The molecule has 1 amide bonds. The van der Waals surface area contributed by atoms with Crippen molar-refractivity contribution in [3.05, 3.63) is 30.5 Å². The molecule has 0 fully saturated rings. The van der Waals surface area contributed by atoms with E-state index in [1.54, 1.807) is 6.92 Å². The van der Waals surface area contributed by atoms with Gasteiger partial charge >= 0.3 is 5.97 Å². The molecule has 0 spiro atoms. The first kappa shape index (κ1) is 12.0. The molecule has 1 aromatic heterocycles. The Morgan fingerprint density at radius 3 is 2.81 bits per heavy atom. The van der Waals surface area contributed by atoms with Gasteiger partial charge in [0, 0.05) is 6.54 Å². The van der Waals surface area contributed by atoms with Gasteiger partial charge in [0.1, 0.15) is 6.54 Å². The normalized spacial score (nSPS) is 9.81. The maximum absolute atomic E-state index is 11.8. The lowest BCUT2D eigenvalue weighted by Crippen LogP contribution is -2.35. The molecular weight excluding hydrogens is 212 g/mol. The SMILES string of the molecule is C=CCN(CC(=O)O)C(=O)c1ocnc1C. The third kappa shape index (κ3) is 2.69. The van der Waals surface area contributed by atoms with E-state index >= 15 is 0 Å². The predicted molar refractivity (Wildman–Crippen MR) is 55.0 cm³/mol. The van der Waals surface area contributed by atoms with Crippen molar-refractivity contribution in [3.8, 4) is 0 Å². The van der Waals surface area contributed by atoms with Gasteiger partial charge in [-0.05, 0) is 6.92 Å². The number of aliphatic carboxylic acids is 1. The van der Waals surface area contributed by atoms with E-state index in [2.05, 4.69) is 11.6 Å². The molecule has 0 atom stereocenters. The molecule has 1 rings (SSSR count). The second-order valence-electron chi connectivity index (χ2n) is 3.13. The molecule has 0 radical (unpaired) electrons. The highest BCUT2D eigenvalue weighted by molar-refractivity contribution is 5.94. The highest BCUT2D eigenvalue weighted by Gasteiger charge is 2.22. The van der Waals surface area contributed by atoms with Crippen molar-refractivity contribution in [2.24, 2.45) is 0 Å². The van der Waals surface area contributed by atoms with Crippen molar-refractivity contribution in [3.63, 3.8) is 0 Å². The number of carbonyl (C=O) groups excluding carboxylic acids is 1. The van der Waals surface area contributed by atoms with Crippen molar-refractivity contribution < 1.29 is 19.1 Å². The minimum absolute atomic E-state index is 0.0584. The minimum atomic E-state index is -1.09. The summed E-state index contributed by atoms with van der Waals surface area (Å²) in [5.41, 5.74) is 0.435. The molecule has 0 saturated carbocycles. The predicted octanol–water partition coefficient (Wildman–Crippen LogP) is 0.696. The molecule has 6 heteroatoms. The molecule has 0 aliphatic carbocycles. The van der Waals surface area contributed by atoms with Gasteiger partial charge < -0.3 is 14.4 Å². The van der Waals surface area contributed by atoms with E-state index in [1.165, 1.54) is 6.08 Å². The van der Waals surface area contributed by atoms with Crippen LogP contribution in [0.2, 0.25) is 0 Å². The average molecular weight is 224 g/mol. The largest absolute Gasteiger partial charge is 0.480 e. The molecule has 1 heterocycles. The first-order valence-electron chi connectivity index (χ1n) is 4.58. The summed E-state index contributed by atoms with van der Waals surface area (Å²) in [5.74, 6) is -1.53. The van der Waals surface area contributed by atoms with Crippen LogP contribution in [0.4, 0.5) is 0 Å². The Morgan fingerprint density at radius 2 is 2.38 bits per heavy atom. The van der Waals surface area contributed by atoms with Crippen LogP contribution in [0.3, 0.4) is 0 Å². The molecule has 0 aromatic carbocycles. The van der Waals surface area contributed by atoms with E-state index in [1.807, 2.05) is 0 Å². The van der Waals surface area contributed by atoms with Gasteiger partial charge in [0.25, 0.3) is 5.91 Å². The summed E-state index contributed by atoms with van der Waals surface area (Å²) in [6.45, 7) is 4.82. The molecule has 86 valence electrons. The number of nitrogens with zero attached hydrogens (tertiary/aromatic N) is 2. The Bertz CT molecular complexity index is 411. The van der Waals surface area contributed by atoms with Gasteiger partial charge in [-0.1, -0.05) is 6.08 Å². The highest BCUT2D eigenvalue weighted by atomic mass is 16.4. The van der Waals surface area contributed by atoms with Crippen molar-refractivity contribution in [1.29, 1.82) is 0 Å². The number of aryl methyl sites for hydroxylation is 1. The van der Waals surface area contributed by atoms with Crippen LogP contribution >= 0.6 is 0 Å². The maximum Gasteiger partial charge on any atom is 0.323 e. The summed E-state index contributed by atoms with van der Waals surface area (Å²) in [4.78, 5) is 27.3. The lowest BCUT2D eigenvalue weighted by Gasteiger charge is -2.17. The van der Waals surface area contributed by atoms with Crippen molar-refractivity contribution in [1.82, 2.24) is 9.88 Å².